The molecule has 0 atom stereocenters. The number of oxazole rings is 1. The highest BCUT2D eigenvalue weighted by molar-refractivity contribution is 5.74. The van der Waals surface area contributed by atoms with Crippen LogP contribution in [0.4, 0.5) is 0 Å². The number of phenols is 1. The molecule has 0 bridgehead atoms. The lowest BCUT2D eigenvalue weighted by atomic mass is 10.2. The van der Waals surface area contributed by atoms with Crippen LogP contribution in [0.2, 0.25) is 0 Å². The fourth-order valence-corrected chi connectivity index (χ4v) is 2.16. The second kappa shape index (κ2) is 4.77. The number of hydrogen-bond donors (Lipinski definition) is 1. The van der Waals surface area contributed by atoms with Crippen molar-refractivity contribution >= 4 is 11.1 Å². The maximum atomic E-state index is 11.9. The molecule has 3 rings (SSSR count). The van der Waals surface area contributed by atoms with Gasteiger partial charge in [-0.25, -0.2) is 4.79 Å². The molecule has 1 aromatic heterocycles. The number of benzene rings is 2. The summed E-state index contributed by atoms with van der Waals surface area (Å²) in [7, 11) is 1.57. The van der Waals surface area contributed by atoms with Crippen molar-refractivity contribution in [2.45, 2.75) is 6.54 Å². The van der Waals surface area contributed by atoms with Crippen LogP contribution < -0.4 is 10.5 Å². The monoisotopic (exact) mass is 271 g/mol. The third-order valence-corrected chi connectivity index (χ3v) is 3.13. The Morgan fingerprint density at radius 2 is 2.10 bits per heavy atom. The highest BCUT2D eigenvalue weighted by Crippen LogP contribution is 2.21. The summed E-state index contributed by atoms with van der Waals surface area (Å²) in [5.41, 5.74) is 1.99. The van der Waals surface area contributed by atoms with Crippen molar-refractivity contribution in [3.63, 3.8) is 0 Å². The minimum absolute atomic E-state index is 0.168. The SMILES string of the molecule is COc1ccc2oc(=O)n(Cc3cccc(O)c3)c2c1. The average Bonchev–Trinajstić information content (AvgIpc) is 2.74. The van der Waals surface area contributed by atoms with Crippen molar-refractivity contribution in [3.05, 3.63) is 58.6 Å². The number of methoxy groups -OCH3 is 1. The Kier molecular flexibility index (Phi) is 2.95. The smallest absolute Gasteiger partial charge is 0.420 e. The summed E-state index contributed by atoms with van der Waals surface area (Å²) in [5, 5.41) is 9.48. The summed E-state index contributed by atoms with van der Waals surface area (Å²) in [6, 6.07) is 12.0. The fourth-order valence-electron chi connectivity index (χ4n) is 2.16. The van der Waals surface area contributed by atoms with Crippen LogP contribution in [0.25, 0.3) is 11.1 Å². The number of aromatic nitrogens is 1. The summed E-state index contributed by atoms with van der Waals surface area (Å²) in [4.78, 5) is 11.9. The molecule has 5 heteroatoms. The third-order valence-electron chi connectivity index (χ3n) is 3.13. The standard InChI is InChI=1S/C15H13NO4/c1-19-12-5-6-14-13(8-12)16(15(18)20-14)9-10-3-2-4-11(17)7-10/h2-8,17H,9H2,1H3. The number of rotatable bonds is 3. The predicted molar refractivity (Wildman–Crippen MR) is 74.2 cm³/mol. The van der Waals surface area contributed by atoms with Gasteiger partial charge in [0, 0.05) is 6.07 Å². The van der Waals surface area contributed by atoms with E-state index in [0.29, 0.717) is 23.4 Å². The predicted octanol–water partition coefficient (Wildman–Crippen LogP) is 2.36. The average molecular weight is 271 g/mol. The molecule has 1 N–H and O–H groups in total. The quantitative estimate of drug-likeness (QED) is 0.794. The zero-order valence-electron chi connectivity index (χ0n) is 10.9. The van der Waals surface area contributed by atoms with Crippen molar-refractivity contribution in [3.8, 4) is 11.5 Å². The second-order valence-corrected chi connectivity index (χ2v) is 4.46. The number of ether oxygens (including phenoxy) is 1. The molecule has 102 valence electrons. The van der Waals surface area contributed by atoms with E-state index in [1.165, 1.54) is 4.57 Å². The molecule has 0 radical (unpaired) electrons. The molecule has 5 nitrogen and oxygen atoms in total. The number of aromatic hydroxyl groups is 1. The van der Waals surface area contributed by atoms with Gasteiger partial charge in [-0.3, -0.25) is 4.57 Å². The topological polar surface area (TPSA) is 64.6 Å². The zero-order valence-corrected chi connectivity index (χ0v) is 10.9. The highest BCUT2D eigenvalue weighted by atomic mass is 16.5. The molecule has 20 heavy (non-hydrogen) atoms. The summed E-state index contributed by atoms with van der Waals surface area (Å²) in [6.45, 7) is 0.327. The Bertz CT molecular complexity index is 816. The van der Waals surface area contributed by atoms with Gasteiger partial charge < -0.3 is 14.3 Å². The molecule has 0 aliphatic carbocycles. The van der Waals surface area contributed by atoms with Crippen LogP contribution in [0.15, 0.2) is 51.7 Å². The Hall–Kier alpha value is -2.69. The van der Waals surface area contributed by atoms with Crippen LogP contribution in [0.3, 0.4) is 0 Å². The number of nitrogens with zero attached hydrogens (tertiary/aromatic N) is 1. The van der Waals surface area contributed by atoms with Gasteiger partial charge in [-0.1, -0.05) is 12.1 Å². The van der Waals surface area contributed by atoms with Crippen LogP contribution in [-0.2, 0) is 6.54 Å². The van der Waals surface area contributed by atoms with Gasteiger partial charge in [-0.2, -0.15) is 0 Å². The van der Waals surface area contributed by atoms with Crippen LogP contribution >= 0.6 is 0 Å². The number of hydrogen-bond acceptors (Lipinski definition) is 4. The molecule has 2 aromatic carbocycles. The van der Waals surface area contributed by atoms with Crippen molar-refractivity contribution < 1.29 is 14.3 Å². The van der Waals surface area contributed by atoms with E-state index in [9.17, 15) is 9.90 Å². The van der Waals surface area contributed by atoms with Gasteiger partial charge in [-0.05, 0) is 29.8 Å². The molecule has 0 saturated carbocycles. The van der Waals surface area contributed by atoms with E-state index in [2.05, 4.69) is 0 Å². The second-order valence-electron chi connectivity index (χ2n) is 4.46. The maximum Gasteiger partial charge on any atom is 0.420 e. The zero-order chi connectivity index (χ0) is 14.1. The van der Waals surface area contributed by atoms with Gasteiger partial charge in [0.15, 0.2) is 5.58 Å². The van der Waals surface area contributed by atoms with Crippen LogP contribution in [0.5, 0.6) is 11.5 Å². The van der Waals surface area contributed by atoms with Crippen LogP contribution in [-0.4, -0.2) is 16.8 Å². The first-order valence-electron chi connectivity index (χ1n) is 6.12. The van der Waals surface area contributed by atoms with Crippen LogP contribution in [0.1, 0.15) is 5.56 Å². The van der Waals surface area contributed by atoms with Gasteiger partial charge in [0.2, 0.25) is 0 Å². The minimum atomic E-state index is -0.434. The first-order valence-corrected chi connectivity index (χ1v) is 6.12. The lowest BCUT2D eigenvalue weighted by Crippen LogP contribution is -2.14. The van der Waals surface area contributed by atoms with E-state index in [4.69, 9.17) is 9.15 Å². The van der Waals surface area contributed by atoms with E-state index in [-0.39, 0.29) is 5.75 Å². The van der Waals surface area contributed by atoms with Crippen molar-refractivity contribution in [2.75, 3.05) is 7.11 Å². The van der Waals surface area contributed by atoms with E-state index < -0.39 is 5.76 Å². The number of fused-ring (bicyclic) bond motifs is 1. The summed E-state index contributed by atoms with van der Waals surface area (Å²) < 4.78 is 11.9. The molecule has 0 aliphatic rings. The summed E-state index contributed by atoms with van der Waals surface area (Å²) >= 11 is 0. The lowest BCUT2D eigenvalue weighted by molar-refractivity contribution is 0.415. The Labute approximate surface area is 114 Å². The molecule has 1 heterocycles. The summed E-state index contributed by atoms with van der Waals surface area (Å²) in [6.07, 6.45) is 0. The van der Waals surface area contributed by atoms with Crippen molar-refractivity contribution in [1.29, 1.82) is 0 Å². The van der Waals surface area contributed by atoms with Gasteiger partial charge in [0.25, 0.3) is 0 Å². The van der Waals surface area contributed by atoms with Crippen molar-refractivity contribution in [2.24, 2.45) is 0 Å². The maximum absolute atomic E-state index is 11.9. The van der Waals surface area contributed by atoms with E-state index in [1.54, 1.807) is 43.5 Å². The molecule has 0 amide bonds. The normalized spacial score (nSPS) is 10.8. The van der Waals surface area contributed by atoms with Gasteiger partial charge in [0.1, 0.15) is 11.5 Å². The lowest BCUT2D eigenvalue weighted by Gasteiger charge is -2.04. The molecule has 0 saturated heterocycles. The fraction of sp³-hybridized carbons (Fsp3) is 0.133. The first-order chi connectivity index (χ1) is 9.67. The highest BCUT2D eigenvalue weighted by Gasteiger charge is 2.10. The van der Waals surface area contributed by atoms with E-state index in [0.717, 1.165) is 5.56 Å². The minimum Gasteiger partial charge on any atom is -0.508 e. The molecule has 0 fully saturated rings. The van der Waals surface area contributed by atoms with E-state index in [1.807, 2.05) is 6.07 Å². The molecular weight excluding hydrogens is 258 g/mol. The molecule has 3 aromatic rings. The number of phenolic OH excluding ortho intramolecular Hbond substituents is 1. The third kappa shape index (κ3) is 2.14. The Balaban J connectivity index is 2.10. The molecule has 0 unspecified atom stereocenters. The van der Waals surface area contributed by atoms with Crippen molar-refractivity contribution in [1.82, 2.24) is 4.57 Å². The van der Waals surface area contributed by atoms with Crippen LogP contribution in [0, 0.1) is 0 Å². The van der Waals surface area contributed by atoms with Gasteiger partial charge >= 0.3 is 5.76 Å². The Morgan fingerprint density at radius 1 is 1.25 bits per heavy atom. The largest absolute Gasteiger partial charge is 0.508 e. The summed E-state index contributed by atoms with van der Waals surface area (Å²) in [5.74, 6) is 0.389. The van der Waals surface area contributed by atoms with Gasteiger partial charge in [-0.15, -0.1) is 0 Å². The molecule has 0 spiro atoms. The Morgan fingerprint density at radius 3 is 2.85 bits per heavy atom. The van der Waals surface area contributed by atoms with Gasteiger partial charge in [0.05, 0.1) is 19.2 Å². The molecular formula is C15H13NO4. The van der Waals surface area contributed by atoms with E-state index >= 15 is 0 Å². The molecule has 0 aliphatic heterocycles. The first kappa shape index (κ1) is 12.3.